The average Bonchev–Trinajstić information content (AvgIpc) is 2.38. The predicted octanol–water partition coefficient (Wildman–Crippen LogP) is 0.972. The topological polar surface area (TPSA) is 72.9 Å². The van der Waals surface area contributed by atoms with E-state index in [1.54, 1.807) is 19.1 Å². The maximum absolute atomic E-state index is 11.2. The molecule has 0 N–H and O–H groups in total. The highest BCUT2D eigenvalue weighted by Gasteiger charge is 2.26. The Bertz CT molecular complexity index is 259. The quantitative estimate of drug-likeness (QED) is 0.744. The van der Waals surface area contributed by atoms with Crippen molar-refractivity contribution in [3.8, 4) is 0 Å². The standard InChI is InChI=1S/C10H19NO3.O2S/c1-11(10(12)14-3)8-4-6-9(13-2)7-5-8;1-3-2/h8-9H,4-7H2,1-3H3;. The van der Waals surface area contributed by atoms with Crippen LogP contribution in [0.2, 0.25) is 0 Å². The summed E-state index contributed by atoms with van der Waals surface area (Å²) in [4.78, 5) is 12.9. The number of ether oxygens (including phenoxy) is 2. The van der Waals surface area contributed by atoms with Crippen LogP contribution in [-0.2, 0) is 21.0 Å². The fraction of sp³-hybridized carbons (Fsp3) is 0.900. The second kappa shape index (κ2) is 9.12. The Kier molecular flexibility index (Phi) is 8.61. The van der Waals surface area contributed by atoms with Gasteiger partial charge in [0.2, 0.25) is 0 Å². The highest BCUT2D eigenvalue weighted by Crippen LogP contribution is 2.24. The first-order valence-corrected chi connectivity index (χ1v) is 6.02. The van der Waals surface area contributed by atoms with Gasteiger partial charge < -0.3 is 14.4 Å². The van der Waals surface area contributed by atoms with Gasteiger partial charge in [0.25, 0.3) is 0 Å². The van der Waals surface area contributed by atoms with E-state index in [-0.39, 0.29) is 6.09 Å². The van der Waals surface area contributed by atoms with Crippen LogP contribution in [0.1, 0.15) is 25.7 Å². The molecule has 0 aromatic rings. The monoisotopic (exact) mass is 265 g/mol. The van der Waals surface area contributed by atoms with Gasteiger partial charge >= 0.3 is 17.7 Å². The summed E-state index contributed by atoms with van der Waals surface area (Å²) in [5.74, 6) is 0. The lowest BCUT2D eigenvalue weighted by Gasteiger charge is -2.33. The van der Waals surface area contributed by atoms with E-state index in [1.165, 1.54) is 7.11 Å². The SMILES string of the molecule is COC(=O)N(C)C1CCC(OC)CC1.O=S=O. The highest BCUT2D eigenvalue weighted by molar-refractivity contribution is 7.51. The van der Waals surface area contributed by atoms with Gasteiger partial charge in [-0.1, -0.05) is 0 Å². The van der Waals surface area contributed by atoms with Gasteiger partial charge in [-0.25, -0.2) is 4.79 Å². The molecule has 7 heteroatoms. The van der Waals surface area contributed by atoms with Crippen LogP contribution in [0.15, 0.2) is 0 Å². The van der Waals surface area contributed by atoms with E-state index in [0.717, 1.165) is 25.7 Å². The number of rotatable bonds is 2. The number of hydrogen-bond donors (Lipinski definition) is 0. The number of amides is 1. The zero-order chi connectivity index (χ0) is 13.3. The zero-order valence-electron chi connectivity index (χ0n) is 10.4. The van der Waals surface area contributed by atoms with Crippen molar-refractivity contribution in [2.45, 2.75) is 37.8 Å². The first-order chi connectivity index (χ1) is 8.10. The number of carbonyl (C=O) groups excluding carboxylic acids is 1. The molecule has 0 aromatic carbocycles. The van der Waals surface area contributed by atoms with Crippen molar-refractivity contribution in [2.24, 2.45) is 0 Å². The molecule has 0 bridgehead atoms. The van der Waals surface area contributed by atoms with Crippen molar-refractivity contribution >= 4 is 17.7 Å². The van der Waals surface area contributed by atoms with Crippen molar-refractivity contribution in [1.29, 1.82) is 0 Å². The van der Waals surface area contributed by atoms with E-state index in [4.69, 9.17) is 13.2 Å². The summed E-state index contributed by atoms with van der Waals surface area (Å²) >= 11 is -0.750. The van der Waals surface area contributed by atoms with Crippen LogP contribution in [0, 0.1) is 0 Å². The van der Waals surface area contributed by atoms with Crippen LogP contribution in [0.4, 0.5) is 4.79 Å². The number of hydrogen-bond acceptors (Lipinski definition) is 5. The van der Waals surface area contributed by atoms with Gasteiger partial charge in [-0.3, -0.25) is 0 Å². The zero-order valence-corrected chi connectivity index (χ0v) is 11.2. The van der Waals surface area contributed by atoms with Crippen LogP contribution < -0.4 is 0 Å². The molecule has 0 unspecified atom stereocenters. The van der Waals surface area contributed by atoms with Crippen LogP contribution in [0.3, 0.4) is 0 Å². The van der Waals surface area contributed by atoms with Crippen LogP contribution in [0.5, 0.6) is 0 Å². The van der Waals surface area contributed by atoms with Crippen molar-refractivity contribution in [1.82, 2.24) is 4.90 Å². The third-order valence-electron chi connectivity index (χ3n) is 2.99. The van der Waals surface area contributed by atoms with E-state index in [9.17, 15) is 4.79 Å². The van der Waals surface area contributed by atoms with E-state index >= 15 is 0 Å². The molecular weight excluding hydrogens is 246 g/mol. The Morgan fingerprint density at radius 2 is 1.65 bits per heavy atom. The summed E-state index contributed by atoms with van der Waals surface area (Å²) < 4.78 is 26.5. The largest absolute Gasteiger partial charge is 0.453 e. The minimum atomic E-state index is -0.750. The second-order valence-corrected chi connectivity index (χ2v) is 3.95. The molecule has 0 heterocycles. The third kappa shape index (κ3) is 5.78. The molecule has 100 valence electrons. The molecule has 0 radical (unpaired) electrons. The van der Waals surface area contributed by atoms with Gasteiger partial charge in [0.05, 0.1) is 13.2 Å². The summed E-state index contributed by atoms with van der Waals surface area (Å²) in [7, 11) is 4.96. The molecule has 1 rings (SSSR count). The number of carbonyl (C=O) groups is 1. The Hall–Kier alpha value is -0.950. The molecule has 0 aliphatic heterocycles. The minimum Gasteiger partial charge on any atom is -0.453 e. The Labute approximate surface area is 105 Å². The normalized spacial score (nSPS) is 23.0. The van der Waals surface area contributed by atoms with Gasteiger partial charge in [0.15, 0.2) is 0 Å². The van der Waals surface area contributed by atoms with Gasteiger partial charge in [-0.2, -0.15) is 8.42 Å². The lowest BCUT2D eigenvalue weighted by molar-refractivity contribution is 0.0415. The van der Waals surface area contributed by atoms with E-state index in [1.807, 2.05) is 0 Å². The molecule has 6 nitrogen and oxygen atoms in total. The Balaban J connectivity index is 0.000000770. The van der Waals surface area contributed by atoms with Crippen LogP contribution in [0.25, 0.3) is 0 Å². The fourth-order valence-corrected chi connectivity index (χ4v) is 1.96. The van der Waals surface area contributed by atoms with Gasteiger partial charge in [-0.05, 0) is 25.7 Å². The molecule has 17 heavy (non-hydrogen) atoms. The number of methoxy groups -OCH3 is 2. The lowest BCUT2D eigenvalue weighted by Crippen LogP contribution is -2.40. The molecule has 1 amide bonds. The van der Waals surface area contributed by atoms with Gasteiger partial charge in [0, 0.05) is 20.2 Å². The minimum absolute atomic E-state index is 0.245. The first kappa shape index (κ1) is 16.1. The fourth-order valence-electron chi connectivity index (χ4n) is 1.96. The average molecular weight is 265 g/mol. The summed E-state index contributed by atoms with van der Waals surface area (Å²) in [6, 6.07) is 0.314. The molecule has 0 saturated heterocycles. The second-order valence-electron chi connectivity index (χ2n) is 3.82. The lowest BCUT2D eigenvalue weighted by atomic mass is 9.92. The molecule has 1 aliphatic rings. The van der Waals surface area contributed by atoms with Crippen molar-refractivity contribution in [3.63, 3.8) is 0 Å². The Morgan fingerprint density at radius 3 is 2.00 bits per heavy atom. The van der Waals surface area contributed by atoms with Crippen molar-refractivity contribution in [2.75, 3.05) is 21.3 Å². The summed E-state index contributed by atoms with van der Waals surface area (Å²) in [5, 5.41) is 0. The summed E-state index contributed by atoms with van der Waals surface area (Å²) in [6.45, 7) is 0. The van der Waals surface area contributed by atoms with Crippen molar-refractivity contribution in [3.05, 3.63) is 0 Å². The predicted molar refractivity (Wildman–Crippen MR) is 62.1 cm³/mol. The van der Waals surface area contributed by atoms with E-state index in [0.29, 0.717) is 12.1 Å². The third-order valence-corrected chi connectivity index (χ3v) is 2.99. The summed E-state index contributed by atoms with van der Waals surface area (Å²) in [6.07, 6.45) is 4.20. The molecule has 1 saturated carbocycles. The molecule has 1 fully saturated rings. The van der Waals surface area contributed by atoms with Gasteiger partial charge in [-0.15, -0.1) is 0 Å². The molecule has 0 atom stereocenters. The molecule has 0 aromatic heterocycles. The molecule has 0 spiro atoms. The van der Waals surface area contributed by atoms with Crippen LogP contribution >= 0.6 is 0 Å². The maximum Gasteiger partial charge on any atom is 0.409 e. The first-order valence-electron chi connectivity index (χ1n) is 5.36. The van der Waals surface area contributed by atoms with Gasteiger partial charge in [0.1, 0.15) is 0 Å². The Morgan fingerprint density at radius 1 is 1.18 bits per heavy atom. The smallest absolute Gasteiger partial charge is 0.409 e. The van der Waals surface area contributed by atoms with E-state index < -0.39 is 11.6 Å². The van der Waals surface area contributed by atoms with Crippen molar-refractivity contribution < 1.29 is 22.7 Å². The number of nitrogens with zero attached hydrogens (tertiary/aromatic N) is 1. The molecular formula is C10H19NO5S. The highest BCUT2D eigenvalue weighted by atomic mass is 32.1. The van der Waals surface area contributed by atoms with Crippen LogP contribution in [-0.4, -0.2) is 52.8 Å². The maximum atomic E-state index is 11.2. The van der Waals surface area contributed by atoms with E-state index in [2.05, 4.69) is 4.74 Å². The molecule has 1 aliphatic carbocycles. The summed E-state index contributed by atoms with van der Waals surface area (Å²) in [5.41, 5.74) is 0.